The van der Waals surface area contributed by atoms with E-state index < -0.39 is 0 Å². The number of primary amides is 1. The molecule has 14 heavy (non-hydrogen) atoms. The third kappa shape index (κ3) is 2.22. The standard InChI is InChI=1S/C12H15NO/c1-8-5-4-6-11(7-8)9(2)10(3)12(13)14/h4-7H,1-3H3,(H2,13,14). The Morgan fingerprint density at radius 2 is 1.93 bits per heavy atom. The van der Waals surface area contributed by atoms with Gasteiger partial charge in [-0.2, -0.15) is 0 Å². The smallest absolute Gasteiger partial charge is 0.244 e. The quantitative estimate of drug-likeness (QED) is 0.712. The number of allylic oxidation sites excluding steroid dienone is 1. The second-order valence-electron chi connectivity index (χ2n) is 3.48. The number of benzene rings is 1. The zero-order chi connectivity index (χ0) is 10.7. The highest BCUT2D eigenvalue weighted by atomic mass is 16.1. The summed E-state index contributed by atoms with van der Waals surface area (Å²) in [7, 11) is 0. The summed E-state index contributed by atoms with van der Waals surface area (Å²) in [5, 5.41) is 0. The van der Waals surface area contributed by atoms with E-state index in [1.54, 1.807) is 6.92 Å². The first-order chi connectivity index (χ1) is 6.52. The molecule has 1 amide bonds. The molecule has 0 saturated carbocycles. The van der Waals surface area contributed by atoms with Crippen LogP contribution in [0.3, 0.4) is 0 Å². The first-order valence-electron chi connectivity index (χ1n) is 4.56. The highest BCUT2D eigenvalue weighted by Crippen LogP contribution is 2.18. The summed E-state index contributed by atoms with van der Waals surface area (Å²) in [6, 6.07) is 8.02. The van der Waals surface area contributed by atoms with Gasteiger partial charge in [0.1, 0.15) is 0 Å². The Hall–Kier alpha value is -1.57. The summed E-state index contributed by atoms with van der Waals surface area (Å²) >= 11 is 0. The third-order valence-electron chi connectivity index (χ3n) is 2.38. The molecule has 1 rings (SSSR count). The number of hydrogen-bond acceptors (Lipinski definition) is 1. The number of amides is 1. The summed E-state index contributed by atoms with van der Waals surface area (Å²) < 4.78 is 0. The Balaban J connectivity index is 3.18. The number of carbonyl (C=O) groups is 1. The monoisotopic (exact) mass is 189 g/mol. The second-order valence-corrected chi connectivity index (χ2v) is 3.48. The van der Waals surface area contributed by atoms with E-state index in [9.17, 15) is 4.79 Å². The van der Waals surface area contributed by atoms with Crippen LogP contribution >= 0.6 is 0 Å². The minimum atomic E-state index is -0.357. The van der Waals surface area contributed by atoms with Gasteiger partial charge < -0.3 is 5.73 Å². The van der Waals surface area contributed by atoms with Crippen LogP contribution in [0.15, 0.2) is 29.8 Å². The van der Waals surface area contributed by atoms with Crippen LogP contribution in [-0.4, -0.2) is 5.91 Å². The maximum absolute atomic E-state index is 11.0. The third-order valence-corrected chi connectivity index (χ3v) is 2.38. The van der Waals surface area contributed by atoms with Crippen LogP contribution in [-0.2, 0) is 4.79 Å². The van der Waals surface area contributed by atoms with E-state index in [0.29, 0.717) is 5.57 Å². The predicted octanol–water partition coefficient (Wildman–Crippen LogP) is 2.27. The van der Waals surface area contributed by atoms with Crippen molar-refractivity contribution in [3.8, 4) is 0 Å². The summed E-state index contributed by atoms with van der Waals surface area (Å²) in [5.41, 5.74) is 9.02. The normalized spacial score (nSPS) is 12.2. The fourth-order valence-corrected chi connectivity index (χ4v) is 1.28. The van der Waals surface area contributed by atoms with Crippen molar-refractivity contribution in [2.75, 3.05) is 0 Å². The van der Waals surface area contributed by atoms with Crippen molar-refractivity contribution < 1.29 is 4.79 Å². The maximum atomic E-state index is 11.0. The predicted molar refractivity (Wildman–Crippen MR) is 58.6 cm³/mol. The van der Waals surface area contributed by atoms with E-state index in [1.807, 2.05) is 38.1 Å². The largest absolute Gasteiger partial charge is 0.366 e. The van der Waals surface area contributed by atoms with Gasteiger partial charge in [-0.1, -0.05) is 29.8 Å². The molecule has 1 aromatic rings. The summed E-state index contributed by atoms with van der Waals surface area (Å²) in [6.07, 6.45) is 0. The fourth-order valence-electron chi connectivity index (χ4n) is 1.28. The zero-order valence-electron chi connectivity index (χ0n) is 8.79. The van der Waals surface area contributed by atoms with E-state index in [-0.39, 0.29) is 5.91 Å². The van der Waals surface area contributed by atoms with Crippen molar-refractivity contribution in [2.24, 2.45) is 5.73 Å². The van der Waals surface area contributed by atoms with Gasteiger partial charge in [0.25, 0.3) is 0 Å². The minimum Gasteiger partial charge on any atom is -0.366 e. The molecule has 2 heteroatoms. The van der Waals surface area contributed by atoms with Crippen molar-refractivity contribution in [1.29, 1.82) is 0 Å². The SMILES string of the molecule is CC(C(N)=O)=C(C)c1cccc(C)c1. The number of hydrogen-bond donors (Lipinski definition) is 1. The van der Waals surface area contributed by atoms with Crippen molar-refractivity contribution in [3.63, 3.8) is 0 Å². The summed E-state index contributed by atoms with van der Waals surface area (Å²) in [5.74, 6) is -0.357. The molecule has 2 N–H and O–H groups in total. The molecule has 0 bridgehead atoms. The van der Waals surface area contributed by atoms with Gasteiger partial charge in [-0.3, -0.25) is 4.79 Å². The number of nitrogens with two attached hydrogens (primary N) is 1. The Kier molecular flexibility index (Phi) is 3.07. The lowest BCUT2D eigenvalue weighted by atomic mass is 10.0. The summed E-state index contributed by atoms with van der Waals surface area (Å²) in [6.45, 7) is 5.69. The molecule has 0 atom stereocenters. The van der Waals surface area contributed by atoms with Gasteiger partial charge in [0.05, 0.1) is 0 Å². The number of aryl methyl sites for hydroxylation is 1. The summed E-state index contributed by atoms with van der Waals surface area (Å²) in [4.78, 5) is 11.0. The van der Waals surface area contributed by atoms with Crippen molar-refractivity contribution in [1.82, 2.24) is 0 Å². The van der Waals surface area contributed by atoms with E-state index in [4.69, 9.17) is 5.73 Å². The molecule has 0 fully saturated rings. The maximum Gasteiger partial charge on any atom is 0.244 e. The number of carbonyl (C=O) groups excluding carboxylic acids is 1. The fraction of sp³-hybridized carbons (Fsp3) is 0.250. The Bertz CT molecular complexity index is 391. The van der Waals surface area contributed by atoms with E-state index in [1.165, 1.54) is 5.56 Å². The van der Waals surface area contributed by atoms with Crippen LogP contribution in [0.1, 0.15) is 25.0 Å². The molecule has 0 heterocycles. The van der Waals surface area contributed by atoms with Crippen LogP contribution in [0.5, 0.6) is 0 Å². The molecule has 0 unspecified atom stereocenters. The minimum absolute atomic E-state index is 0.357. The molecule has 0 aliphatic carbocycles. The average Bonchev–Trinajstić information content (AvgIpc) is 2.15. The molecule has 1 aromatic carbocycles. The molecule has 74 valence electrons. The van der Waals surface area contributed by atoms with E-state index in [0.717, 1.165) is 11.1 Å². The van der Waals surface area contributed by atoms with Crippen molar-refractivity contribution in [3.05, 3.63) is 41.0 Å². The molecular formula is C12H15NO. The lowest BCUT2D eigenvalue weighted by Gasteiger charge is -2.05. The highest BCUT2D eigenvalue weighted by Gasteiger charge is 2.04. The average molecular weight is 189 g/mol. The highest BCUT2D eigenvalue weighted by molar-refractivity contribution is 5.99. The first-order valence-corrected chi connectivity index (χ1v) is 4.56. The number of rotatable bonds is 2. The first kappa shape index (κ1) is 10.5. The lowest BCUT2D eigenvalue weighted by Crippen LogP contribution is -2.12. The van der Waals surface area contributed by atoms with Crippen LogP contribution in [0.2, 0.25) is 0 Å². The molecular weight excluding hydrogens is 174 g/mol. The van der Waals surface area contributed by atoms with Gasteiger partial charge in [-0.25, -0.2) is 0 Å². The second kappa shape index (κ2) is 4.09. The Morgan fingerprint density at radius 3 is 2.43 bits per heavy atom. The van der Waals surface area contributed by atoms with Crippen LogP contribution in [0.25, 0.3) is 5.57 Å². The van der Waals surface area contributed by atoms with Gasteiger partial charge >= 0.3 is 0 Å². The van der Waals surface area contributed by atoms with E-state index in [2.05, 4.69) is 0 Å². The Labute approximate surface area is 84.4 Å². The van der Waals surface area contributed by atoms with E-state index >= 15 is 0 Å². The van der Waals surface area contributed by atoms with Gasteiger partial charge in [0.2, 0.25) is 5.91 Å². The molecule has 0 spiro atoms. The van der Waals surface area contributed by atoms with Crippen molar-refractivity contribution in [2.45, 2.75) is 20.8 Å². The molecule has 2 nitrogen and oxygen atoms in total. The van der Waals surface area contributed by atoms with Gasteiger partial charge in [0, 0.05) is 5.57 Å². The molecule has 0 aliphatic heterocycles. The molecule has 0 aliphatic rings. The molecule has 0 saturated heterocycles. The van der Waals surface area contributed by atoms with Gasteiger partial charge in [-0.05, 0) is 31.9 Å². The van der Waals surface area contributed by atoms with Crippen LogP contribution in [0.4, 0.5) is 0 Å². The molecule has 0 aromatic heterocycles. The van der Waals surface area contributed by atoms with Crippen LogP contribution in [0, 0.1) is 6.92 Å². The van der Waals surface area contributed by atoms with Crippen molar-refractivity contribution >= 4 is 11.5 Å². The zero-order valence-corrected chi connectivity index (χ0v) is 8.79. The lowest BCUT2D eigenvalue weighted by molar-refractivity contribution is -0.114. The van der Waals surface area contributed by atoms with Crippen LogP contribution < -0.4 is 5.73 Å². The molecule has 0 radical (unpaired) electrons. The van der Waals surface area contributed by atoms with Gasteiger partial charge in [0.15, 0.2) is 0 Å². The Morgan fingerprint density at radius 1 is 1.29 bits per heavy atom. The topological polar surface area (TPSA) is 43.1 Å². The van der Waals surface area contributed by atoms with Gasteiger partial charge in [-0.15, -0.1) is 0 Å².